The number of carboxylic acid groups (broad SMARTS) is 1. The summed E-state index contributed by atoms with van der Waals surface area (Å²) in [5, 5.41) is 14.5. The first-order valence-electron chi connectivity index (χ1n) is 16.0. The number of methoxy groups -OCH3 is 1. The van der Waals surface area contributed by atoms with Crippen LogP contribution in [0.5, 0.6) is 0 Å². The molecule has 8 nitrogen and oxygen atoms in total. The van der Waals surface area contributed by atoms with Crippen molar-refractivity contribution in [2.24, 2.45) is 50.2 Å². The molecule has 4 saturated carbocycles. The van der Waals surface area contributed by atoms with Crippen LogP contribution >= 0.6 is 0 Å². The minimum absolute atomic E-state index is 0.0797. The average Bonchev–Trinajstić information content (AvgIpc) is 2.90. The highest BCUT2D eigenvalue weighted by atomic mass is 16.5. The van der Waals surface area contributed by atoms with Crippen LogP contribution in [0, 0.1) is 50.2 Å². The monoisotopic (exact) mass is 584 g/mol. The lowest BCUT2D eigenvalue weighted by molar-refractivity contribution is -0.189. The number of fused-ring (bicyclic) bond motifs is 7. The molecule has 4 fully saturated rings. The van der Waals surface area contributed by atoms with E-state index in [1.165, 1.54) is 12.7 Å². The fourth-order valence-electron chi connectivity index (χ4n) is 11.2. The molecular formula is C34H52N2O6. The molecule has 5 aliphatic carbocycles. The third-order valence-corrected chi connectivity index (χ3v) is 14.0. The van der Waals surface area contributed by atoms with Crippen LogP contribution in [0.25, 0.3) is 0 Å². The number of carbonyl (C=O) groups is 4. The molecule has 5 aliphatic rings. The zero-order valence-electron chi connectivity index (χ0n) is 26.9. The number of amides is 2. The average molecular weight is 585 g/mol. The molecule has 3 N–H and O–H groups in total. The Labute approximate surface area is 251 Å². The Morgan fingerprint density at radius 2 is 1.62 bits per heavy atom. The lowest BCUT2D eigenvalue weighted by Crippen LogP contribution is -2.68. The van der Waals surface area contributed by atoms with E-state index in [0.717, 1.165) is 57.8 Å². The number of esters is 1. The van der Waals surface area contributed by atoms with Crippen molar-refractivity contribution in [2.45, 2.75) is 112 Å². The lowest BCUT2D eigenvalue weighted by Gasteiger charge is -2.70. The van der Waals surface area contributed by atoms with Crippen LogP contribution in [0.4, 0.5) is 4.79 Å². The van der Waals surface area contributed by atoms with E-state index < -0.39 is 24.0 Å². The fraction of sp³-hybridized carbons (Fsp3) is 0.824. The summed E-state index contributed by atoms with van der Waals surface area (Å²) < 4.78 is 5.26. The van der Waals surface area contributed by atoms with E-state index in [1.807, 2.05) is 13.0 Å². The second-order valence-corrected chi connectivity index (χ2v) is 16.4. The van der Waals surface area contributed by atoms with Crippen molar-refractivity contribution in [1.82, 2.24) is 10.6 Å². The van der Waals surface area contributed by atoms with Gasteiger partial charge in [0.15, 0.2) is 5.78 Å². The predicted molar refractivity (Wildman–Crippen MR) is 159 cm³/mol. The normalized spacial score (nSPS) is 45.6. The van der Waals surface area contributed by atoms with Gasteiger partial charge in [0.2, 0.25) is 0 Å². The standard InChI is InChI=1S/C34H52N2O6/c1-29(2)23-9-12-34(7)26(32(23,5)11-10-24(29)36-28(41)35-19-25(38)39)22(37)17-20-21-18-31(4,27(40)42-8)14-13-30(21,3)15-16-33(20,34)6/h17,21,23-24,26H,9-16,18-19H2,1-8H3,(H,38,39)(H2,35,36,41)/t21-,23+,24?,26-,30-,31+,32+,33-,34-/m1/s1. The molecule has 0 bridgehead atoms. The Bertz CT molecular complexity index is 1230. The van der Waals surface area contributed by atoms with Gasteiger partial charge in [0, 0.05) is 12.0 Å². The maximum atomic E-state index is 14.5. The topological polar surface area (TPSA) is 122 Å². The number of rotatable bonds is 4. The number of carboxylic acids is 1. The lowest BCUT2D eigenvalue weighted by atomic mass is 9.33. The third-order valence-electron chi connectivity index (χ3n) is 14.0. The predicted octanol–water partition coefficient (Wildman–Crippen LogP) is 5.89. The molecule has 8 heteroatoms. The van der Waals surface area contributed by atoms with Crippen LogP contribution < -0.4 is 10.6 Å². The van der Waals surface area contributed by atoms with Gasteiger partial charge in [-0.3, -0.25) is 14.4 Å². The second-order valence-electron chi connectivity index (χ2n) is 16.4. The molecule has 0 radical (unpaired) electrons. The number of hydrogen-bond donors (Lipinski definition) is 3. The van der Waals surface area contributed by atoms with Gasteiger partial charge < -0.3 is 20.5 Å². The van der Waals surface area contributed by atoms with Crippen molar-refractivity contribution in [3.63, 3.8) is 0 Å². The Morgan fingerprint density at radius 3 is 2.26 bits per heavy atom. The molecule has 234 valence electrons. The molecule has 9 atom stereocenters. The van der Waals surface area contributed by atoms with Gasteiger partial charge >= 0.3 is 18.0 Å². The van der Waals surface area contributed by atoms with Gasteiger partial charge in [-0.2, -0.15) is 0 Å². The number of allylic oxidation sites excluding steroid dienone is 2. The van der Waals surface area contributed by atoms with Crippen molar-refractivity contribution >= 4 is 23.8 Å². The second kappa shape index (κ2) is 9.82. The van der Waals surface area contributed by atoms with E-state index in [1.54, 1.807) is 0 Å². The van der Waals surface area contributed by atoms with Gasteiger partial charge in [0.05, 0.1) is 12.5 Å². The molecule has 0 aromatic rings. The molecular weight excluding hydrogens is 532 g/mol. The van der Waals surface area contributed by atoms with E-state index in [0.29, 0.717) is 0 Å². The molecule has 0 aromatic heterocycles. The van der Waals surface area contributed by atoms with Crippen LogP contribution in [0.3, 0.4) is 0 Å². The summed E-state index contributed by atoms with van der Waals surface area (Å²) in [6.07, 6.45) is 10.2. The van der Waals surface area contributed by atoms with Gasteiger partial charge in [-0.25, -0.2) is 4.79 Å². The Morgan fingerprint density at radius 1 is 0.952 bits per heavy atom. The summed E-state index contributed by atoms with van der Waals surface area (Å²) in [4.78, 5) is 50.9. The highest BCUT2D eigenvalue weighted by Crippen LogP contribution is 2.75. The first-order valence-corrected chi connectivity index (χ1v) is 16.0. The molecule has 2 amide bonds. The zero-order valence-corrected chi connectivity index (χ0v) is 26.9. The third kappa shape index (κ3) is 4.28. The molecule has 0 heterocycles. The Balaban J connectivity index is 1.48. The van der Waals surface area contributed by atoms with Crippen LogP contribution in [-0.4, -0.2) is 48.6 Å². The van der Waals surface area contributed by atoms with Gasteiger partial charge in [-0.1, -0.05) is 47.1 Å². The summed E-state index contributed by atoms with van der Waals surface area (Å²) in [5.41, 5.74) is 0.00865. The quantitative estimate of drug-likeness (QED) is 0.354. The van der Waals surface area contributed by atoms with E-state index >= 15 is 0 Å². The van der Waals surface area contributed by atoms with Crippen molar-refractivity contribution in [3.05, 3.63) is 11.6 Å². The Hall–Kier alpha value is -2.38. The maximum Gasteiger partial charge on any atom is 0.323 e. The van der Waals surface area contributed by atoms with Crippen molar-refractivity contribution in [2.75, 3.05) is 13.7 Å². The largest absolute Gasteiger partial charge is 0.480 e. The summed E-state index contributed by atoms with van der Waals surface area (Å²) in [6, 6.07) is -0.562. The highest BCUT2D eigenvalue weighted by Gasteiger charge is 2.70. The number of carbonyl (C=O) groups excluding carboxylic acids is 3. The van der Waals surface area contributed by atoms with Crippen molar-refractivity contribution in [1.29, 1.82) is 0 Å². The maximum absolute atomic E-state index is 14.5. The molecule has 0 saturated heterocycles. The number of hydrogen-bond acceptors (Lipinski definition) is 5. The van der Waals surface area contributed by atoms with Gasteiger partial charge in [0.1, 0.15) is 6.54 Å². The fourth-order valence-corrected chi connectivity index (χ4v) is 11.2. The first kappa shape index (κ1) is 31.1. The van der Waals surface area contributed by atoms with Gasteiger partial charge in [-0.05, 0) is 110 Å². The minimum atomic E-state index is -1.07. The van der Waals surface area contributed by atoms with Crippen molar-refractivity contribution in [3.8, 4) is 0 Å². The first-order chi connectivity index (χ1) is 19.4. The van der Waals surface area contributed by atoms with E-state index in [4.69, 9.17) is 9.84 Å². The minimum Gasteiger partial charge on any atom is -0.480 e. The summed E-state index contributed by atoms with van der Waals surface area (Å²) in [5.74, 6) is -0.667. The van der Waals surface area contributed by atoms with Gasteiger partial charge in [-0.15, -0.1) is 0 Å². The van der Waals surface area contributed by atoms with Gasteiger partial charge in [0.25, 0.3) is 0 Å². The SMILES string of the molecule is COC(=O)[C@@]1(C)CC[C@]2(C)CC[C@]3(C)C(=CC(=O)[C@@H]4[C@@]5(C)CCC(NC(=O)NCC(=O)O)C(C)(C)[C@@H]5CC[C@]43C)[C@H]2C1. The number of ether oxygens (including phenoxy) is 1. The van der Waals surface area contributed by atoms with Crippen molar-refractivity contribution < 1.29 is 29.0 Å². The summed E-state index contributed by atoms with van der Waals surface area (Å²) in [6.45, 7) is 15.5. The molecule has 0 spiro atoms. The van der Waals surface area contributed by atoms with E-state index in [9.17, 15) is 19.2 Å². The van der Waals surface area contributed by atoms with Crippen LogP contribution in [0.2, 0.25) is 0 Å². The molecule has 1 unspecified atom stereocenters. The number of urea groups is 1. The van der Waals surface area contributed by atoms with E-state index in [2.05, 4.69) is 52.2 Å². The summed E-state index contributed by atoms with van der Waals surface area (Å²) >= 11 is 0. The molecule has 0 aliphatic heterocycles. The summed E-state index contributed by atoms with van der Waals surface area (Å²) in [7, 11) is 1.48. The van der Waals surface area contributed by atoms with Crippen LogP contribution in [0.15, 0.2) is 11.6 Å². The zero-order chi connectivity index (χ0) is 31.1. The van der Waals surface area contributed by atoms with E-state index in [-0.39, 0.29) is 62.6 Å². The molecule has 5 rings (SSSR count). The number of nitrogens with one attached hydrogen (secondary N) is 2. The molecule has 42 heavy (non-hydrogen) atoms. The van der Waals surface area contributed by atoms with Crippen LogP contribution in [-0.2, 0) is 19.1 Å². The number of ketones is 1. The molecule has 0 aromatic carbocycles. The Kier molecular flexibility index (Phi) is 7.26. The smallest absolute Gasteiger partial charge is 0.323 e. The highest BCUT2D eigenvalue weighted by molar-refractivity contribution is 5.95. The van der Waals surface area contributed by atoms with Crippen LogP contribution in [0.1, 0.15) is 106 Å². The number of aliphatic carboxylic acids is 1.